The van der Waals surface area contributed by atoms with E-state index in [1.807, 2.05) is 0 Å². The first-order valence-corrected chi connectivity index (χ1v) is 8.27. The zero-order valence-corrected chi connectivity index (χ0v) is 13.9. The lowest BCUT2D eigenvalue weighted by atomic mass is 10.1. The first kappa shape index (κ1) is 16.7. The van der Waals surface area contributed by atoms with Crippen LogP contribution in [0.3, 0.4) is 0 Å². The number of nitrogens with zero attached hydrogens (tertiary/aromatic N) is 1. The second kappa shape index (κ2) is 7.18. The van der Waals surface area contributed by atoms with E-state index in [1.54, 1.807) is 29.8 Å². The molecule has 0 spiro atoms. The quantitative estimate of drug-likeness (QED) is 0.624. The van der Waals surface area contributed by atoms with Crippen LogP contribution in [0.15, 0.2) is 46.4 Å². The zero-order chi connectivity index (χ0) is 17.8. The van der Waals surface area contributed by atoms with E-state index in [0.29, 0.717) is 28.6 Å². The SMILES string of the molecule is NC(=O)c1cc(-c2csc(CC(=O)NCc3ccco3)n2)ccc1O. The average molecular weight is 357 g/mol. The molecule has 0 saturated carbocycles. The summed E-state index contributed by atoms with van der Waals surface area (Å²) >= 11 is 1.34. The number of furan rings is 1. The third kappa shape index (κ3) is 4.04. The summed E-state index contributed by atoms with van der Waals surface area (Å²) in [6.45, 7) is 0.323. The van der Waals surface area contributed by atoms with Crippen molar-refractivity contribution in [2.75, 3.05) is 0 Å². The third-order valence-electron chi connectivity index (χ3n) is 3.46. The number of hydrogen-bond acceptors (Lipinski definition) is 6. The normalized spacial score (nSPS) is 10.6. The molecule has 4 N–H and O–H groups in total. The van der Waals surface area contributed by atoms with E-state index >= 15 is 0 Å². The molecule has 2 aromatic heterocycles. The van der Waals surface area contributed by atoms with E-state index in [1.165, 1.54) is 23.5 Å². The van der Waals surface area contributed by atoms with Gasteiger partial charge in [0.2, 0.25) is 5.91 Å². The molecule has 1 aromatic carbocycles. The van der Waals surface area contributed by atoms with Crippen molar-refractivity contribution in [3.8, 4) is 17.0 Å². The van der Waals surface area contributed by atoms with Gasteiger partial charge in [-0.1, -0.05) is 0 Å². The molecule has 0 unspecified atom stereocenters. The van der Waals surface area contributed by atoms with Crippen LogP contribution >= 0.6 is 11.3 Å². The Hall–Kier alpha value is -3.13. The Balaban J connectivity index is 1.67. The van der Waals surface area contributed by atoms with Gasteiger partial charge in [-0.05, 0) is 30.3 Å². The molecular weight excluding hydrogens is 342 g/mol. The monoisotopic (exact) mass is 357 g/mol. The van der Waals surface area contributed by atoms with Crippen LogP contribution in [0.2, 0.25) is 0 Å². The smallest absolute Gasteiger partial charge is 0.252 e. The summed E-state index contributed by atoms with van der Waals surface area (Å²) < 4.78 is 5.15. The largest absolute Gasteiger partial charge is 0.507 e. The van der Waals surface area contributed by atoms with E-state index in [9.17, 15) is 14.7 Å². The Morgan fingerprint density at radius 2 is 2.16 bits per heavy atom. The first-order chi connectivity index (χ1) is 12.0. The Bertz CT molecular complexity index is 903. The van der Waals surface area contributed by atoms with E-state index in [-0.39, 0.29) is 23.6 Å². The minimum atomic E-state index is -0.716. The maximum absolute atomic E-state index is 12.0. The number of nitrogens with one attached hydrogen (secondary N) is 1. The molecule has 0 aliphatic rings. The number of aromatic hydroxyl groups is 1. The molecule has 0 aliphatic carbocycles. The van der Waals surface area contributed by atoms with Gasteiger partial charge >= 0.3 is 0 Å². The predicted molar refractivity (Wildman–Crippen MR) is 92.0 cm³/mol. The number of hydrogen-bond donors (Lipinski definition) is 3. The molecule has 0 bridgehead atoms. The third-order valence-corrected chi connectivity index (χ3v) is 4.31. The van der Waals surface area contributed by atoms with Crippen molar-refractivity contribution in [3.05, 3.63) is 58.3 Å². The summed E-state index contributed by atoms with van der Waals surface area (Å²) in [5.74, 6) is -0.381. The van der Waals surface area contributed by atoms with Gasteiger partial charge in [-0.25, -0.2) is 4.98 Å². The Labute approximate surface area is 147 Å². The van der Waals surface area contributed by atoms with Crippen molar-refractivity contribution in [1.29, 1.82) is 0 Å². The van der Waals surface area contributed by atoms with Crippen molar-refractivity contribution < 1.29 is 19.1 Å². The minimum absolute atomic E-state index is 0.0308. The second-order valence-electron chi connectivity index (χ2n) is 5.26. The van der Waals surface area contributed by atoms with Crippen molar-refractivity contribution >= 4 is 23.2 Å². The van der Waals surface area contributed by atoms with Crippen molar-refractivity contribution in [1.82, 2.24) is 10.3 Å². The summed E-state index contributed by atoms with van der Waals surface area (Å²) in [7, 11) is 0. The highest BCUT2D eigenvalue weighted by atomic mass is 32.1. The molecule has 2 amide bonds. The highest BCUT2D eigenvalue weighted by Crippen LogP contribution is 2.27. The van der Waals surface area contributed by atoms with E-state index in [2.05, 4.69) is 10.3 Å². The number of amides is 2. The lowest BCUT2D eigenvalue weighted by molar-refractivity contribution is -0.120. The van der Waals surface area contributed by atoms with Gasteiger partial charge in [0.05, 0.1) is 30.5 Å². The van der Waals surface area contributed by atoms with Crippen LogP contribution in [0.25, 0.3) is 11.3 Å². The molecular formula is C17H15N3O4S. The Morgan fingerprint density at radius 3 is 2.88 bits per heavy atom. The molecule has 0 radical (unpaired) electrons. The Morgan fingerprint density at radius 1 is 1.32 bits per heavy atom. The van der Waals surface area contributed by atoms with Crippen LogP contribution in [0.1, 0.15) is 21.1 Å². The maximum atomic E-state index is 12.0. The van der Waals surface area contributed by atoms with Gasteiger partial charge < -0.3 is 20.6 Å². The number of carbonyl (C=O) groups excluding carboxylic acids is 2. The highest BCUT2D eigenvalue weighted by molar-refractivity contribution is 7.10. The molecule has 2 heterocycles. The lowest BCUT2D eigenvalue weighted by Crippen LogP contribution is -2.24. The summed E-state index contributed by atoms with van der Waals surface area (Å²) in [4.78, 5) is 27.7. The fourth-order valence-corrected chi connectivity index (χ4v) is 3.02. The van der Waals surface area contributed by atoms with Crippen molar-refractivity contribution in [3.63, 3.8) is 0 Å². The summed E-state index contributed by atoms with van der Waals surface area (Å²) in [6.07, 6.45) is 1.69. The molecule has 0 atom stereocenters. The van der Waals surface area contributed by atoms with Crippen LogP contribution in [-0.4, -0.2) is 21.9 Å². The van der Waals surface area contributed by atoms with Crippen LogP contribution in [-0.2, 0) is 17.8 Å². The molecule has 0 fully saturated rings. The van der Waals surface area contributed by atoms with E-state index < -0.39 is 5.91 Å². The Kier molecular flexibility index (Phi) is 4.80. The summed E-state index contributed by atoms with van der Waals surface area (Å²) in [5, 5.41) is 14.8. The summed E-state index contributed by atoms with van der Waals surface area (Å²) in [5.41, 5.74) is 6.52. The van der Waals surface area contributed by atoms with Crippen LogP contribution in [0.4, 0.5) is 0 Å². The number of benzene rings is 1. The second-order valence-corrected chi connectivity index (χ2v) is 6.20. The molecule has 0 saturated heterocycles. The standard InChI is InChI=1S/C17H15N3O4S/c18-17(23)12-6-10(3-4-14(12)21)13-9-25-16(20-13)7-15(22)19-8-11-2-1-5-24-11/h1-6,9,21H,7-8H2,(H2,18,23)(H,19,22). The number of phenols is 1. The number of aromatic nitrogens is 1. The van der Waals surface area contributed by atoms with Gasteiger partial charge in [0.1, 0.15) is 16.5 Å². The van der Waals surface area contributed by atoms with Crippen LogP contribution in [0.5, 0.6) is 5.75 Å². The summed E-state index contributed by atoms with van der Waals surface area (Å²) in [6, 6.07) is 8.05. The molecule has 3 rings (SSSR count). The number of primary amides is 1. The van der Waals surface area contributed by atoms with Gasteiger partial charge in [0.25, 0.3) is 5.91 Å². The topological polar surface area (TPSA) is 118 Å². The van der Waals surface area contributed by atoms with Crippen LogP contribution in [0, 0.1) is 0 Å². The van der Waals surface area contributed by atoms with Crippen molar-refractivity contribution in [2.24, 2.45) is 5.73 Å². The van der Waals surface area contributed by atoms with Crippen molar-refractivity contribution in [2.45, 2.75) is 13.0 Å². The number of thiazole rings is 1. The number of carbonyl (C=O) groups is 2. The predicted octanol–water partition coefficient (Wildman–Crippen LogP) is 2.07. The highest BCUT2D eigenvalue weighted by Gasteiger charge is 2.13. The fraction of sp³-hybridized carbons (Fsp3) is 0.118. The van der Waals surface area contributed by atoms with E-state index in [4.69, 9.17) is 10.2 Å². The van der Waals surface area contributed by atoms with Gasteiger partial charge in [-0.15, -0.1) is 11.3 Å². The minimum Gasteiger partial charge on any atom is -0.507 e. The molecule has 8 heteroatoms. The molecule has 7 nitrogen and oxygen atoms in total. The molecule has 3 aromatic rings. The number of nitrogens with two attached hydrogens (primary N) is 1. The van der Waals surface area contributed by atoms with Gasteiger partial charge in [0, 0.05) is 10.9 Å². The van der Waals surface area contributed by atoms with Gasteiger partial charge in [-0.3, -0.25) is 9.59 Å². The van der Waals surface area contributed by atoms with Gasteiger partial charge in [0.15, 0.2) is 0 Å². The zero-order valence-electron chi connectivity index (χ0n) is 13.1. The molecule has 25 heavy (non-hydrogen) atoms. The molecule has 0 aliphatic heterocycles. The fourth-order valence-electron chi connectivity index (χ4n) is 2.22. The average Bonchev–Trinajstić information content (AvgIpc) is 3.25. The maximum Gasteiger partial charge on any atom is 0.252 e. The lowest BCUT2D eigenvalue weighted by Gasteiger charge is -2.03. The number of rotatable bonds is 6. The molecule has 128 valence electrons. The van der Waals surface area contributed by atoms with Crippen LogP contribution < -0.4 is 11.1 Å². The van der Waals surface area contributed by atoms with Gasteiger partial charge in [-0.2, -0.15) is 0 Å². The van der Waals surface area contributed by atoms with E-state index in [0.717, 1.165) is 0 Å². The first-order valence-electron chi connectivity index (χ1n) is 7.39.